The van der Waals surface area contributed by atoms with Gasteiger partial charge in [-0.3, -0.25) is 4.79 Å². The van der Waals surface area contributed by atoms with E-state index >= 15 is 0 Å². The molecule has 0 fully saturated rings. The van der Waals surface area contributed by atoms with Gasteiger partial charge in [0.15, 0.2) is 0 Å². The number of carbonyl (C=O) groups excluding carboxylic acids is 2. The zero-order chi connectivity index (χ0) is 11.8. The third kappa shape index (κ3) is 5.93. The number of primary amides is 1. The zero-order valence-corrected chi connectivity index (χ0v) is 9.67. The zero-order valence-electron chi connectivity index (χ0n) is 9.67. The molecule has 15 heavy (non-hydrogen) atoms. The fourth-order valence-corrected chi connectivity index (χ4v) is 1.25. The normalized spacial score (nSPS) is 12.3. The van der Waals surface area contributed by atoms with Crippen LogP contribution in [0.4, 0.5) is 4.79 Å². The molecule has 0 aromatic carbocycles. The molecule has 3 amide bonds. The van der Waals surface area contributed by atoms with Crippen molar-refractivity contribution in [2.24, 2.45) is 11.7 Å². The predicted molar refractivity (Wildman–Crippen MR) is 59.3 cm³/mol. The fourth-order valence-electron chi connectivity index (χ4n) is 1.25. The van der Waals surface area contributed by atoms with E-state index in [2.05, 4.69) is 24.5 Å². The van der Waals surface area contributed by atoms with Crippen LogP contribution in [0.15, 0.2) is 0 Å². The summed E-state index contributed by atoms with van der Waals surface area (Å²) in [7, 11) is 0. The lowest BCUT2D eigenvalue weighted by Gasteiger charge is -2.16. The highest BCUT2D eigenvalue weighted by atomic mass is 16.2. The van der Waals surface area contributed by atoms with E-state index in [-0.39, 0.29) is 5.91 Å². The lowest BCUT2D eigenvalue weighted by atomic mass is 10.0. The minimum absolute atomic E-state index is 0.194. The van der Waals surface area contributed by atoms with Crippen molar-refractivity contribution in [3.63, 3.8) is 0 Å². The number of amides is 3. The first kappa shape index (κ1) is 13.7. The van der Waals surface area contributed by atoms with Crippen LogP contribution in [0.25, 0.3) is 0 Å². The molecule has 0 aliphatic heterocycles. The number of hydrogen-bond acceptors (Lipinski definition) is 2. The Labute approximate surface area is 90.8 Å². The number of nitrogens with one attached hydrogen (secondary N) is 2. The minimum atomic E-state index is -0.680. The number of rotatable bonds is 6. The monoisotopic (exact) mass is 215 g/mol. The summed E-state index contributed by atoms with van der Waals surface area (Å²) >= 11 is 0. The van der Waals surface area contributed by atoms with Crippen LogP contribution in [0.2, 0.25) is 0 Å². The first-order valence-electron chi connectivity index (χ1n) is 5.34. The van der Waals surface area contributed by atoms with Gasteiger partial charge in [-0.15, -0.1) is 0 Å². The van der Waals surface area contributed by atoms with Crippen LogP contribution in [0.3, 0.4) is 0 Å². The molecule has 0 saturated heterocycles. The summed E-state index contributed by atoms with van der Waals surface area (Å²) in [5.74, 6) is 0.301. The summed E-state index contributed by atoms with van der Waals surface area (Å²) in [5.41, 5.74) is 4.91. The SMILES string of the molecule is CCC(CC)CNC(=O)C(C)NC(N)=O. The van der Waals surface area contributed by atoms with Crippen LogP contribution in [-0.4, -0.2) is 24.5 Å². The van der Waals surface area contributed by atoms with Crippen LogP contribution >= 0.6 is 0 Å². The Kier molecular flexibility index (Phi) is 6.49. The van der Waals surface area contributed by atoms with Gasteiger partial charge in [0.05, 0.1) is 0 Å². The summed E-state index contributed by atoms with van der Waals surface area (Å²) in [5, 5.41) is 5.11. The van der Waals surface area contributed by atoms with Crippen molar-refractivity contribution in [3.8, 4) is 0 Å². The molecule has 0 saturated carbocycles. The molecule has 0 spiro atoms. The molecule has 5 nitrogen and oxygen atoms in total. The Morgan fingerprint density at radius 1 is 1.27 bits per heavy atom. The lowest BCUT2D eigenvalue weighted by molar-refractivity contribution is -0.122. The van der Waals surface area contributed by atoms with Crippen molar-refractivity contribution >= 4 is 11.9 Å². The van der Waals surface area contributed by atoms with Gasteiger partial charge in [-0.2, -0.15) is 0 Å². The second-order valence-electron chi connectivity index (χ2n) is 3.66. The molecule has 4 N–H and O–H groups in total. The number of hydrogen-bond donors (Lipinski definition) is 3. The smallest absolute Gasteiger partial charge is 0.312 e. The third-order valence-electron chi connectivity index (χ3n) is 2.47. The molecule has 0 radical (unpaired) electrons. The lowest BCUT2D eigenvalue weighted by Crippen LogP contribution is -2.47. The molecular weight excluding hydrogens is 194 g/mol. The highest BCUT2D eigenvalue weighted by Gasteiger charge is 2.14. The van der Waals surface area contributed by atoms with Crippen molar-refractivity contribution in [1.82, 2.24) is 10.6 Å². The molecule has 0 aromatic heterocycles. The summed E-state index contributed by atoms with van der Waals surface area (Å²) in [6.07, 6.45) is 2.07. The Morgan fingerprint density at radius 3 is 2.20 bits per heavy atom. The first-order chi connectivity index (χ1) is 7.01. The summed E-state index contributed by atoms with van der Waals surface area (Å²) in [6.45, 7) is 6.43. The van der Waals surface area contributed by atoms with Gasteiger partial charge in [0.2, 0.25) is 5.91 Å². The maximum Gasteiger partial charge on any atom is 0.312 e. The van der Waals surface area contributed by atoms with E-state index in [0.717, 1.165) is 12.8 Å². The maximum absolute atomic E-state index is 11.4. The van der Waals surface area contributed by atoms with Gasteiger partial charge in [-0.05, 0) is 12.8 Å². The number of nitrogens with two attached hydrogens (primary N) is 1. The van der Waals surface area contributed by atoms with Gasteiger partial charge in [0.1, 0.15) is 6.04 Å². The van der Waals surface area contributed by atoms with Gasteiger partial charge in [-0.1, -0.05) is 26.7 Å². The van der Waals surface area contributed by atoms with Crippen LogP contribution in [0, 0.1) is 5.92 Å². The predicted octanol–water partition coefficient (Wildman–Crippen LogP) is 0.596. The Morgan fingerprint density at radius 2 is 1.80 bits per heavy atom. The van der Waals surface area contributed by atoms with E-state index in [1.807, 2.05) is 0 Å². The number of urea groups is 1. The summed E-state index contributed by atoms with van der Waals surface area (Å²) in [6, 6.07) is -1.25. The summed E-state index contributed by atoms with van der Waals surface area (Å²) in [4.78, 5) is 21.9. The second kappa shape index (κ2) is 7.09. The largest absolute Gasteiger partial charge is 0.354 e. The molecule has 1 unspecified atom stereocenters. The van der Waals surface area contributed by atoms with E-state index in [4.69, 9.17) is 5.73 Å². The molecule has 0 rings (SSSR count). The quantitative estimate of drug-likeness (QED) is 0.606. The highest BCUT2D eigenvalue weighted by Crippen LogP contribution is 2.04. The van der Waals surface area contributed by atoms with Crippen LogP contribution in [0.5, 0.6) is 0 Å². The standard InChI is InChI=1S/C10H21N3O2/c1-4-8(5-2)6-12-9(14)7(3)13-10(11)15/h7-8H,4-6H2,1-3H3,(H,12,14)(H3,11,13,15). The number of carbonyl (C=O) groups is 2. The molecule has 0 aliphatic carbocycles. The molecule has 1 atom stereocenters. The average Bonchev–Trinajstić information content (AvgIpc) is 2.18. The van der Waals surface area contributed by atoms with Gasteiger partial charge in [0, 0.05) is 6.54 Å². The Hall–Kier alpha value is -1.26. The highest BCUT2D eigenvalue weighted by molar-refractivity contribution is 5.86. The molecule has 0 bridgehead atoms. The van der Waals surface area contributed by atoms with E-state index in [1.54, 1.807) is 6.92 Å². The van der Waals surface area contributed by atoms with Crippen molar-refractivity contribution < 1.29 is 9.59 Å². The van der Waals surface area contributed by atoms with Crippen molar-refractivity contribution in [3.05, 3.63) is 0 Å². The van der Waals surface area contributed by atoms with E-state index in [0.29, 0.717) is 12.5 Å². The van der Waals surface area contributed by atoms with Crippen LogP contribution in [0.1, 0.15) is 33.6 Å². The van der Waals surface area contributed by atoms with Crippen LogP contribution < -0.4 is 16.4 Å². The van der Waals surface area contributed by atoms with Crippen molar-refractivity contribution in [1.29, 1.82) is 0 Å². The maximum atomic E-state index is 11.4. The Bertz CT molecular complexity index is 215. The van der Waals surface area contributed by atoms with Crippen molar-refractivity contribution in [2.75, 3.05) is 6.54 Å². The van der Waals surface area contributed by atoms with Gasteiger partial charge in [-0.25, -0.2) is 4.79 Å². The molecular formula is C10H21N3O2. The topological polar surface area (TPSA) is 84.2 Å². The summed E-state index contributed by atoms with van der Waals surface area (Å²) < 4.78 is 0. The third-order valence-corrected chi connectivity index (χ3v) is 2.47. The van der Waals surface area contributed by atoms with Gasteiger partial charge >= 0.3 is 6.03 Å². The molecule has 0 aromatic rings. The molecule has 5 heteroatoms. The van der Waals surface area contributed by atoms with Crippen LogP contribution in [-0.2, 0) is 4.79 Å². The second-order valence-corrected chi connectivity index (χ2v) is 3.66. The first-order valence-corrected chi connectivity index (χ1v) is 5.34. The van der Waals surface area contributed by atoms with E-state index in [1.165, 1.54) is 0 Å². The van der Waals surface area contributed by atoms with Gasteiger partial charge < -0.3 is 16.4 Å². The van der Waals surface area contributed by atoms with E-state index < -0.39 is 12.1 Å². The average molecular weight is 215 g/mol. The Balaban J connectivity index is 3.86. The minimum Gasteiger partial charge on any atom is -0.354 e. The van der Waals surface area contributed by atoms with Crippen molar-refractivity contribution in [2.45, 2.75) is 39.7 Å². The van der Waals surface area contributed by atoms with Gasteiger partial charge in [0.25, 0.3) is 0 Å². The van der Waals surface area contributed by atoms with E-state index in [9.17, 15) is 9.59 Å². The fraction of sp³-hybridized carbons (Fsp3) is 0.800. The molecule has 88 valence electrons. The molecule has 0 heterocycles. The molecule has 0 aliphatic rings.